The van der Waals surface area contributed by atoms with E-state index >= 15 is 0 Å². The Bertz CT molecular complexity index is 638. The summed E-state index contributed by atoms with van der Waals surface area (Å²) in [6, 6.07) is 12.1. The Morgan fingerprint density at radius 2 is 1.95 bits per heavy atom. The average molecular weight is 286 g/mol. The molecule has 2 aromatic rings. The molecule has 0 radical (unpaired) electrons. The number of benzene rings is 2. The third-order valence-corrected chi connectivity index (χ3v) is 3.74. The van der Waals surface area contributed by atoms with Gasteiger partial charge in [0.05, 0.1) is 13.0 Å². The molecule has 0 spiro atoms. The van der Waals surface area contributed by atoms with E-state index < -0.39 is 0 Å². The molecule has 0 heterocycles. The van der Waals surface area contributed by atoms with Crippen molar-refractivity contribution < 1.29 is 9.53 Å². The van der Waals surface area contributed by atoms with E-state index in [4.69, 9.17) is 10.5 Å². The van der Waals surface area contributed by atoms with Crippen molar-refractivity contribution in [3.8, 4) is 5.75 Å². The van der Waals surface area contributed by atoms with Crippen molar-refractivity contribution in [3.63, 3.8) is 0 Å². The lowest BCUT2D eigenvalue weighted by Crippen LogP contribution is -2.35. The van der Waals surface area contributed by atoms with Crippen LogP contribution in [0, 0.1) is 5.92 Å². The summed E-state index contributed by atoms with van der Waals surface area (Å²) < 4.78 is 5.47. The largest absolute Gasteiger partial charge is 0.496 e. The van der Waals surface area contributed by atoms with Gasteiger partial charge >= 0.3 is 0 Å². The lowest BCUT2D eigenvalue weighted by Gasteiger charge is -2.21. The minimum Gasteiger partial charge on any atom is -0.496 e. The third kappa shape index (κ3) is 3.16. The Morgan fingerprint density at radius 3 is 2.57 bits per heavy atom. The van der Waals surface area contributed by atoms with Crippen LogP contribution < -0.4 is 10.5 Å². The van der Waals surface area contributed by atoms with Gasteiger partial charge in [0.25, 0.3) is 0 Å². The first kappa shape index (κ1) is 15.3. The number of carbonyl (C=O) groups excluding carboxylic acids is 1. The number of nitrogens with zero attached hydrogens (tertiary/aromatic N) is 1. The number of carbonyl (C=O) groups is 1. The summed E-state index contributed by atoms with van der Waals surface area (Å²) in [6.45, 7) is 0.323. The molecule has 0 aromatic heterocycles. The zero-order valence-electron chi connectivity index (χ0n) is 12.8. The first-order valence-electron chi connectivity index (χ1n) is 7.04. The van der Waals surface area contributed by atoms with E-state index in [1.54, 1.807) is 26.1 Å². The summed E-state index contributed by atoms with van der Waals surface area (Å²) >= 11 is 0. The normalized spacial score (nSPS) is 12.2. The zero-order chi connectivity index (χ0) is 15.4. The molecule has 4 nitrogen and oxygen atoms in total. The van der Waals surface area contributed by atoms with Crippen molar-refractivity contribution in [2.45, 2.75) is 6.42 Å². The van der Waals surface area contributed by atoms with E-state index in [0.717, 1.165) is 22.1 Å². The first-order chi connectivity index (χ1) is 10.1. The van der Waals surface area contributed by atoms with Crippen molar-refractivity contribution in [2.75, 3.05) is 27.7 Å². The summed E-state index contributed by atoms with van der Waals surface area (Å²) in [7, 11) is 5.16. The number of amides is 1. The van der Waals surface area contributed by atoms with Crippen LogP contribution in [-0.2, 0) is 11.2 Å². The maximum Gasteiger partial charge on any atom is 0.226 e. The van der Waals surface area contributed by atoms with Crippen LogP contribution in [0.4, 0.5) is 0 Å². The van der Waals surface area contributed by atoms with Crippen LogP contribution in [-0.4, -0.2) is 38.6 Å². The van der Waals surface area contributed by atoms with Crippen molar-refractivity contribution >= 4 is 16.7 Å². The van der Waals surface area contributed by atoms with Gasteiger partial charge in [-0.25, -0.2) is 0 Å². The fourth-order valence-corrected chi connectivity index (χ4v) is 2.60. The Kier molecular flexibility index (Phi) is 4.81. The predicted octanol–water partition coefficient (Wildman–Crippen LogP) is 2.05. The molecular formula is C17H22N2O2. The van der Waals surface area contributed by atoms with E-state index in [1.165, 1.54) is 0 Å². The molecule has 0 saturated heterocycles. The second-order valence-electron chi connectivity index (χ2n) is 5.34. The number of rotatable bonds is 5. The minimum atomic E-state index is -0.236. The highest BCUT2D eigenvalue weighted by Gasteiger charge is 2.22. The van der Waals surface area contributed by atoms with Crippen LogP contribution in [0.1, 0.15) is 5.56 Å². The zero-order valence-corrected chi connectivity index (χ0v) is 12.8. The van der Waals surface area contributed by atoms with E-state index in [2.05, 4.69) is 12.1 Å². The SMILES string of the molecule is COc1ccc2ccccc2c1CC(CN)C(=O)N(C)C. The molecule has 2 rings (SSSR count). The fourth-order valence-electron chi connectivity index (χ4n) is 2.60. The Morgan fingerprint density at radius 1 is 1.24 bits per heavy atom. The molecule has 2 aromatic carbocycles. The summed E-state index contributed by atoms with van der Waals surface area (Å²) in [5, 5.41) is 2.25. The summed E-state index contributed by atoms with van der Waals surface area (Å²) in [5.41, 5.74) is 6.85. The number of nitrogens with two attached hydrogens (primary N) is 1. The van der Waals surface area contributed by atoms with Crippen LogP contribution in [0.2, 0.25) is 0 Å². The highest BCUT2D eigenvalue weighted by Crippen LogP contribution is 2.30. The molecule has 21 heavy (non-hydrogen) atoms. The summed E-state index contributed by atoms with van der Waals surface area (Å²) in [4.78, 5) is 13.8. The minimum absolute atomic E-state index is 0.0486. The second-order valence-corrected chi connectivity index (χ2v) is 5.34. The number of ether oxygens (including phenoxy) is 1. The highest BCUT2D eigenvalue weighted by atomic mass is 16.5. The molecule has 1 amide bonds. The van der Waals surface area contributed by atoms with Crippen LogP contribution >= 0.6 is 0 Å². The van der Waals surface area contributed by atoms with E-state index in [-0.39, 0.29) is 11.8 Å². The predicted molar refractivity (Wildman–Crippen MR) is 85.4 cm³/mol. The van der Waals surface area contributed by atoms with Gasteiger partial charge in [-0.1, -0.05) is 30.3 Å². The van der Waals surface area contributed by atoms with Gasteiger partial charge in [-0.3, -0.25) is 4.79 Å². The number of fused-ring (bicyclic) bond motifs is 1. The molecule has 4 heteroatoms. The smallest absolute Gasteiger partial charge is 0.226 e. The number of methoxy groups -OCH3 is 1. The lowest BCUT2D eigenvalue weighted by atomic mass is 9.93. The molecular weight excluding hydrogens is 264 g/mol. The highest BCUT2D eigenvalue weighted by molar-refractivity contribution is 5.88. The maximum absolute atomic E-state index is 12.2. The molecule has 0 aliphatic heterocycles. The Balaban J connectivity index is 2.46. The quantitative estimate of drug-likeness (QED) is 0.915. The monoisotopic (exact) mass is 286 g/mol. The molecule has 112 valence electrons. The topological polar surface area (TPSA) is 55.6 Å². The molecule has 0 aliphatic carbocycles. The number of hydrogen-bond donors (Lipinski definition) is 1. The van der Waals surface area contributed by atoms with Crippen LogP contribution in [0.5, 0.6) is 5.75 Å². The van der Waals surface area contributed by atoms with Gasteiger partial charge in [0.2, 0.25) is 5.91 Å². The van der Waals surface area contributed by atoms with Gasteiger partial charge in [-0.05, 0) is 23.3 Å². The van der Waals surface area contributed by atoms with Gasteiger partial charge in [0.1, 0.15) is 5.75 Å². The van der Waals surface area contributed by atoms with Gasteiger partial charge in [-0.15, -0.1) is 0 Å². The molecule has 1 unspecified atom stereocenters. The van der Waals surface area contributed by atoms with Crippen molar-refractivity contribution in [1.29, 1.82) is 0 Å². The summed E-state index contributed by atoms with van der Waals surface area (Å²) in [6.07, 6.45) is 0.581. The van der Waals surface area contributed by atoms with Gasteiger partial charge in [0, 0.05) is 26.2 Å². The molecule has 0 fully saturated rings. The van der Waals surface area contributed by atoms with E-state index in [1.807, 2.05) is 24.3 Å². The van der Waals surface area contributed by atoms with Gasteiger partial charge in [-0.2, -0.15) is 0 Å². The Labute approximate surface area is 125 Å². The Hall–Kier alpha value is -2.07. The van der Waals surface area contributed by atoms with Crippen LogP contribution in [0.15, 0.2) is 36.4 Å². The average Bonchev–Trinajstić information content (AvgIpc) is 2.51. The van der Waals surface area contributed by atoms with Crippen molar-refractivity contribution in [2.24, 2.45) is 11.7 Å². The van der Waals surface area contributed by atoms with E-state index in [0.29, 0.717) is 13.0 Å². The molecule has 0 saturated carbocycles. The lowest BCUT2D eigenvalue weighted by molar-refractivity contribution is -0.132. The second kappa shape index (κ2) is 6.59. The fraction of sp³-hybridized carbons (Fsp3) is 0.353. The van der Waals surface area contributed by atoms with Crippen molar-refractivity contribution in [1.82, 2.24) is 4.90 Å². The maximum atomic E-state index is 12.2. The van der Waals surface area contributed by atoms with Crippen molar-refractivity contribution in [3.05, 3.63) is 42.0 Å². The third-order valence-electron chi connectivity index (χ3n) is 3.74. The molecule has 0 bridgehead atoms. The molecule has 0 aliphatic rings. The van der Waals surface area contributed by atoms with Crippen LogP contribution in [0.3, 0.4) is 0 Å². The van der Waals surface area contributed by atoms with Gasteiger partial charge < -0.3 is 15.4 Å². The standard InChI is InChI=1S/C17H22N2O2/c1-19(2)17(20)13(11-18)10-15-14-7-5-4-6-12(14)8-9-16(15)21-3/h4-9,13H,10-11,18H2,1-3H3. The molecule has 1 atom stereocenters. The van der Waals surface area contributed by atoms with E-state index in [9.17, 15) is 4.79 Å². The first-order valence-corrected chi connectivity index (χ1v) is 7.04. The summed E-state index contributed by atoms with van der Waals surface area (Å²) in [5.74, 6) is 0.617. The van der Waals surface area contributed by atoms with Crippen LogP contribution in [0.25, 0.3) is 10.8 Å². The van der Waals surface area contributed by atoms with Gasteiger partial charge in [0.15, 0.2) is 0 Å². The number of hydrogen-bond acceptors (Lipinski definition) is 3. The molecule has 2 N–H and O–H groups in total.